The SMILES string of the molecule is Cc1cc(C)n(Cc2cccc(-c3noc(CC4CSC4)n3)c2)n1. The van der Waals surface area contributed by atoms with Gasteiger partial charge in [0.25, 0.3) is 0 Å². The number of nitrogens with zero attached hydrogens (tertiary/aromatic N) is 4. The number of benzene rings is 1. The van der Waals surface area contributed by atoms with Crippen LogP contribution < -0.4 is 0 Å². The van der Waals surface area contributed by atoms with E-state index in [1.54, 1.807) is 0 Å². The van der Waals surface area contributed by atoms with Crippen molar-refractivity contribution >= 4 is 11.8 Å². The van der Waals surface area contributed by atoms with E-state index in [2.05, 4.69) is 40.4 Å². The summed E-state index contributed by atoms with van der Waals surface area (Å²) >= 11 is 1.98. The molecule has 0 unspecified atom stereocenters. The first kappa shape index (κ1) is 15.4. The van der Waals surface area contributed by atoms with Crippen LogP contribution in [0.25, 0.3) is 11.4 Å². The second kappa shape index (κ2) is 6.43. The lowest BCUT2D eigenvalue weighted by atomic mass is 10.1. The van der Waals surface area contributed by atoms with Crippen LogP contribution in [0, 0.1) is 19.8 Å². The molecule has 0 spiro atoms. The Kier molecular flexibility index (Phi) is 4.14. The maximum absolute atomic E-state index is 5.42. The predicted octanol–water partition coefficient (Wildman–Crippen LogP) is 3.50. The maximum atomic E-state index is 5.42. The molecule has 1 saturated heterocycles. The van der Waals surface area contributed by atoms with Crippen molar-refractivity contribution in [2.75, 3.05) is 11.5 Å². The number of rotatable bonds is 5. The summed E-state index contributed by atoms with van der Waals surface area (Å²) in [7, 11) is 0. The highest BCUT2D eigenvalue weighted by atomic mass is 32.2. The fraction of sp³-hybridized carbons (Fsp3) is 0.389. The van der Waals surface area contributed by atoms with Crippen LogP contribution >= 0.6 is 11.8 Å². The third kappa shape index (κ3) is 3.24. The molecule has 0 radical (unpaired) electrons. The van der Waals surface area contributed by atoms with Gasteiger partial charge in [0.15, 0.2) is 0 Å². The van der Waals surface area contributed by atoms with Crippen molar-refractivity contribution in [1.82, 2.24) is 19.9 Å². The van der Waals surface area contributed by atoms with Gasteiger partial charge in [-0.15, -0.1) is 0 Å². The minimum atomic E-state index is 0.673. The quantitative estimate of drug-likeness (QED) is 0.711. The molecule has 1 aliphatic rings. The second-order valence-corrected chi connectivity index (χ2v) is 7.48. The third-order valence-electron chi connectivity index (χ3n) is 4.26. The molecule has 0 atom stereocenters. The highest BCUT2D eigenvalue weighted by Gasteiger charge is 2.21. The van der Waals surface area contributed by atoms with Crippen LogP contribution in [-0.2, 0) is 13.0 Å². The van der Waals surface area contributed by atoms with E-state index in [0.717, 1.165) is 35.8 Å². The van der Waals surface area contributed by atoms with Crippen molar-refractivity contribution in [3.05, 3.63) is 53.2 Å². The highest BCUT2D eigenvalue weighted by molar-refractivity contribution is 8.00. The van der Waals surface area contributed by atoms with E-state index in [9.17, 15) is 0 Å². The number of hydrogen-bond donors (Lipinski definition) is 0. The zero-order valence-electron chi connectivity index (χ0n) is 13.9. The van der Waals surface area contributed by atoms with Crippen LogP contribution in [0.1, 0.15) is 22.8 Å². The van der Waals surface area contributed by atoms with E-state index in [4.69, 9.17) is 4.52 Å². The highest BCUT2D eigenvalue weighted by Crippen LogP contribution is 2.28. The van der Waals surface area contributed by atoms with Crippen molar-refractivity contribution < 1.29 is 4.52 Å². The smallest absolute Gasteiger partial charge is 0.227 e. The molecular weight excluding hydrogens is 320 g/mol. The van der Waals surface area contributed by atoms with Gasteiger partial charge in [-0.25, -0.2) is 0 Å². The van der Waals surface area contributed by atoms with Gasteiger partial charge in [-0.3, -0.25) is 4.68 Å². The molecule has 24 heavy (non-hydrogen) atoms. The molecule has 4 rings (SSSR count). The number of aromatic nitrogens is 4. The molecule has 0 amide bonds. The van der Waals surface area contributed by atoms with Gasteiger partial charge in [0.2, 0.25) is 11.7 Å². The van der Waals surface area contributed by atoms with Gasteiger partial charge in [0.05, 0.1) is 12.2 Å². The van der Waals surface area contributed by atoms with Crippen molar-refractivity contribution in [2.45, 2.75) is 26.8 Å². The molecule has 5 nitrogen and oxygen atoms in total. The number of aryl methyl sites for hydroxylation is 2. The zero-order chi connectivity index (χ0) is 16.5. The first-order chi connectivity index (χ1) is 11.7. The minimum absolute atomic E-state index is 0.673. The lowest BCUT2D eigenvalue weighted by Crippen LogP contribution is -2.20. The normalized spacial score (nSPS) is 14.8. The average Bonchev–Trinajstić information content (AvgIpc) is 3.10. The summed E-state index contributed by atoms with van der Waals surface area (Å²) in [5.74, 6) is 4.53. The van der Waals surface area contributed by atoms with Crippen LogP contribution in [0.2, 0.25) is 0 Å². The van der Waals surface area contributed by atoms with Crippen molar-refractivity contribution in [2.24, 2.45) is 5.92 Å². The Bertz CT molecular complexity index is 850. The van der Waals surface area contributed by atoms with Crippen LogP contribution in [0.5, 0.6) is 0 Å². The fourth-order valence-corrected chi connectivity index (χ4v) is 3.73. The molecular formula is C18H20N4OS. The largest absolute Gasteiger partial charge is 0.339 e. The molecule has 0 N–H and O–H groups in total. The van der Waals surface area contributed by atoms with E-state index in [1.165, 1.54) is 17.1 Å². The van der Waals surface area contributed by atoms with Crippen molar-refractivity contribution in [3.63, 3.8) is 0 Å². The molecule has 0 saturated carbocycles. The summed E-state index contributed by atoms with van der Waals surface area (Å²) in [5.41, 5.74) is 4.38. The van der Waals surface area contributed by atoms with Gasteiger partial charge in [-0.2, -0.15) is 21.8 Å². The van der Waals surface area contributed by atoms with Crippen LogP contribution in [0.4, 0.5) is 0 Å². The van der Waals surface area contributed by atoms with Crippen molar-refractivity contribution in [1.29, 1.82) is 0 Å². The predicted molar refractivity (Wildman–Crippen MR) is 95.1 cm³/mol. The molecule has 3 heterocycles. The second-order valence-electron chi connectivity index (χ2n) is 6.40. The van der Waals surface area contributed by atoms with E-state index in [0.29, 0.717) is 11.7 Å². The Labute approximate surface area is 145 Å². The van der Waals surface area contributed by atoms with Gasteiger partial charge in [-0.05, 0) is 49.0 Å². The summed E-state index contributed by atoms with van der Waals surface area (Å²) in [5, 5.41) is 8.68. The summed E-state index contributed by atoms with van der Waals surface area (Å²) in [4.78, 5) is 4.56. The van der Waals surface area contributed by atoms with Gasteiger partial charge < -0.3 is 4.52 Å². The topological polar surface area (TPSA) is 56.7 Å². The van der Waals surface area contributed by atoms with E-state index < -0.39 is 0 Å². The lowest BCUT2D eigenvalue weighted by Gasteiger charge is -2.22. The van der Waals surface area contributed by atoms with E-state index in [1.807, 2.05) is 35.5 Å². The monoisotopic (exact) mass is 340 g/mol. The number of hydrogen-bond acceptors (Lipinski definition) is 5. The van der Waals surface area contributed by atoms with E-state index >= 15 is 0 Å². The van der Waals surface area contributed by atoms with Gasteiger partial charge in [0, 0.05) is 17.7 Å². The van der Waals surface area contributed by atoms with Crippen LogP contribution in [-0.4, -0.2) is 31.4 Å². The molecule has 1 fully saturated rings. The maximum Gasteiger partial charge on any atom is 0.227 e. The van der Waals surface area contributed by atoms with Gasteiger partial charge in [-0.1, -0.05) is 23.4 Å². The molecule has 6 heteroatoms. The fourth-order valence-electron chi connectivity index (χ4n) is 2.92. The molecule has 1 aliphatic heterocycles. The number of thioether (sulfide) groups is 1. The average molecular weight is 340 g/mol. The Hall–Kier alpha value is -2.08. The molecule has 1 aromatic carbocycles. The van der Waals surface area contributed by atoms with Crippen LogP contribution in [0.3, 0.4) is 0 Å². The molecule has 124 valence electrons. The van der Waals surface area contributed by atoms with Crippen molar-refractivity contribution in [3.8, 4) is 11.4 Å². The first-order valence-electron chi connectivity index (χ1n) is 8.18. The lowest BCUT2D eigenvalue weighted by molar-refractivity contribution is 0.363. The molecule has 3 aromatic rings. The molecule has 0 aliphatic carbocycles. The van der Waals surface area contributed by atoms with E-state index in [-0.39, 0.29) is 0 Å². The zero-order valence-corrected chi connectivity index (χ0v) is 14.7. The van der Waals surface area contributed by atoms with Gasteiger partial charge in [0.1, 0.15) is 0 Å². The Morgan fingerprint density at radius 2 is 2.12 bits per heavy atom. The minimum Gasteiger partial charge on any atom is -0.339 e. The molecule has 0 bridgehead atoms. The summed E-state index contributed by atoms with van der Waals surface area (Å²) in [6.07, 6.45) is 0.894. The summed E-state index contributed by atoms with van der Waals surface area (Å²) < 4.78 is 7.44. The Balaban J connectivity index is 1.52. The third-order valence-corrected chi connectivity index (χ3v) is 5.67. The molecule has 2 aromatic heterocycles. The van der Waals surface area contributed by atoms with Gasteiger partial charge >= 0.3 is 0 Å². The standard InChI is InChI=1S/C18H20N4OS/c1-12-6-13(2)22(20-12)9-14-4-3-5-16(7-14)18-19-17(23-21-18)8-15-10-24-11-15/h3-7,15H,8-11H2,1-2H3. The Morgan fingerprint density at radius 1 is 1.25 bits per heavy atom. The summed E-state index contributed by atoms with van der Waals surface area (Å²) in [6.45, 7) is 4.84. The first-order valence-corrected chi connectivity index (χ1v) is 9.33. The summed E-state index contributed by atoms with van der Waals surface area (Å²) in [6, 6.07) is 10.4. The van der Waals surface area contributed by atoms with Crippen LogP contribution in [0.15, 0.2) is 34.9 Å². The Morgan fingerprint density at radius 3 is 2.83 bits per heavy atom.